The van der Waals surface area contributed by atoms with Gasteiger partial charge in [-0.1, -0.05) is 37.6 Å². The van der Waals surface area contributed by atoms with Crippen molar-refractivity contribution in [3.63, 3.8) is 0 Å². The lowest BCUT2D eigenvalue weighted by Gasteiger charge is -2.29. The summed E-state index contributed by atoms with van der Waals surface area (Å²) < 4.78 is 0. The van der Waals surface area contributed by atoms with Crippen LogP contribution in [0.1, 0.15) is 55.8 Å². The summed E-state index contributed by atoms with van der Waals surface area (Å²) in [6.45, 7) is 9.26. The van der Waals surface area contributed by atoms with E-state index in [0.29, 0.717) is 6.04 Å². The first kappa shape index (κ1) is 12.6. The van der Waals surface area contributed by atoms with Crippen LogP contribution in [0.3, 0.4) is 0 Å². The highest BCUT2D eigenvalue weighted by atomic mass is 15.2. The number of nitrogens with zero attached hydrogens (tertiary/aromatic N) is 1. The monoisotopic (exact) mass is 231 g/mol. The molecule has 0 spiro atoms. The van der Waals surface area contributed by atoms with Crippen molar-refractivity contribution < 1.29 is 0 Å². The summed E-state index contributed by atoms with van der Waals surface area (Å²) >= 11 is 0. The van der Waals surface area contributed by atoms with Crippen LogP contribution in [0.15, 0.2) is 18.2 Å². The van der Waals surface area contributed by atoms with Gasteiger partial charge in [0.1, 0.15) is 0 Å². The molecule has 1 aromatic carbocycles. The van der Waals surface area contributed by atoms with E-state index in [1.165, 1.54) is 44.3 Å². The van der Waals surface area contributed by atoms with E-state index in [9.17, 15) is 0 Å². The zero-order valence-electron chi connectivity index (χ0n) is 11.5. The fourth-order valence-electron chi connectivity index (χ4n) is 3.08. The van der Waals surface area contributed by atoms with Gasteiger partial charge in [-0.15, -0.1) is 0 Å². The zero-order valence-corrected chi connectivity index (χ0v) is 11.5. The maximum atomic E-state index is 2.69. The van der Waals surface area contributed by atoms with Gasteiger partial charge in [0.2, 0.25) is 0 Å². The van der Waals surface area contributed by atoms with E-state index < -0.39 is 0 Å². The standard InChI is InChI=1S/C16H25N/c1-4-10-17(11-5-2)16-9-8-14-7-6-13(3)12-15(14)16/h6-7,12,16H,4-5,8-11H2,1-3H3. The number of hydrogen-bond donors (Lipinski definition) is 0. The van der Waals surface area contributed by atoms with Crippen molar-refractivity contribution in [1.82, 2.24) is 4.90 Å². The van der Waals surface area contributed by atoms with E-state index >= 15 is 0 Å². The molecule has 0 amide bonds. The molecule has 0 fully saturated rings. The third kappa shape index (κ3) is 2.71. The molecular formula is C16H25N. The van der Waals surface area contributed by atoms with E-state index in [-0.39, 0.29) is 0 Å². The first-order valence-corrected chi connectivity index (χ1v) is 7.09. The van der Waals surface area contributed by atoms with Crippen LogP contribution in [-0.2, 0) is 6.42 Å². The van der Waals surface area contributed by atoms with Crippen LogP contribution >= 0.6 is 0 Å². The van der Waals surface area contributed by atoms with E-state index in [4.69, 9.17) is 0 Å². The summed E-state index contributed by atoms with van der Waals surface area (Å²) in [7, 11) is 0. The molecule has 1 aliphatic rings. The molecule has 0 saturated heterocycles. The van der Waals surface area contributed by atoms with Gasteiger partial charge in [0.25, 0.3) is 0 Å². The predicted molar refractivity (Wildman–Crippen MR) is 74.4 cm³/mol. The SMILES string of the molecule is CCCN(CCC)C1CCc2ccc(C)cc21. The molecule has 1 nitrogen and oxygen atoms in total. The number of hydrogen-bond acceptors (Lipinski definition) is 1. The molecule has 1 atom stereocenters. The molecule has 94 valence electrons. The second-order valence-electron chi connectivity index (χ2n) is 5.29. The average Bonchev–Trinajstić information content (AvgIpc) is 2.71. The van der Waals surface area contributed by atoms with Crippen LogP contribution in [0.5, 0.6) is 0 Å². The van der Waals surface area contributed by atoms with Crippen LogP contribution in [-0.4, -0.2) is 18.0 Å². The van der Waals surface area contributed by atoms with E-state index in [2.05, 4.69) is 43.9 Å². The Morgan fingerprint density at radius 1 is 1.18 bits per heavy atom. The molecule has 1 unspecified atom stereocenters. The van der Waals surface area contributed by atoms with Crippen molar-refractivity contribution in [2.75, 3.05) is 13.1 Å². The van der Waals surface area contributed by atoms with Crippen LogP contribution in [0.4, 0.5) is 0 Å². The molecule has 0 saturated carbocycles. The Hall–Kier alpha value is -0.820. The third-order valence-electron chi connectivity index (χ3n) is 3.81. The first-order chi connectivity index (χ1) is 8.26. The Balaban J connectivity index is 2.21. The van der Waals surface area contributed by atoms with Crippen LogP contribution in [0, 0.1) is 6.92 Å². The van der Waals surface area contributed by atoms with Crippen LogP contribution < -0.4 is 0 Å². The zero-order chi connectivity index (χ0) is 12.3. The van der Waals surface area contributed by atoms with Crippen LogP contribution in [0.25, 0.3) is 0 Å². The minimum atomic E-state index is 0.685. The molecule has 1 aliphatic carbocycles. The van der Waals surface area contributed by atoms with Gasteiger partial charge in [-0.05, 0) is 56.8 Å². The minimum absolute atomic E-state index is 0.685. The largest absolute Gasteiger partial charge is 0.296 e. The molecule has 17 heavy (non-hydrogen) atoms. The highest BCUT2D eigenvalue weighted by Crippen LogP contribution is 2.36. The first-order valence-electron chi connectivity index (χ1n) is 7.09. The summed E-state index contributed by atoms with van der Waals surface area (Å²) in [4.78, 5) is 2.69. The third-order valence-corrected chi connectivity index (χ3v) is 3.81. The van der Waals surface area contributed by atoms with E-state index in [1.807, 2.05) is 0 Å². The topological polar surface area (TPSA) is 3.24 Å². The number of fused-ring (bicyclic) bond motifs is 1. The fraction of sp³-hybridized carbons (Fsp3) is 0.625. The lowest BCUT2D eigenvalue weighted by atomic mass is 10.0. The molecule has 0 radical (unpaired) electrons. The van der Waals surface area contributed by atoms with E-state index in [0.717, 1.165) is 0 Å². The van der Waals surface area contributed by atoms with Gasteiger partial charge in [-0.25, -0.2) is 0 Å². The Morgan fingerprint density at radius 3 is 2.53 bits per heavy atom. The van der Waals surface area contributed by atoms with Crippen molar-refractivity contribution in [3.05, 3.63) is 34.9 Å². The predicted octanol–water partition coefficient (Wildman–Crippen LogP) is 4.10. The molecule has 0 aromatic heterocycles. The summed E-state index contributed by atoms with van der Waals surface area (Å²) in [6, 6.07) is 7.68. The van der Waals surface area contributed by atoms with Gasteiger partial charge in [-0.3, -0.25) is 4.90 Å². The smallest absolute Gasteiger partial charge is 0.0354 e. The highest BCUT2D eigenvalue weighted by Gasteiger charge is 2.26. The maximum absolute atomic E-state index is 2.69. The van der Waals surface area contributed by atoms with Gasteiger partial charge < -0.3 is 0 Å². The van der Waals surface area contributed by atoms with Crippen molar-refractivity contribution in [2.45, 2.75) is 52.5 Å². The lowest BCUT2D eigenvalue weighted by molar-refractivity contribution is 0.197. The molecule has 0 N–H and O–H groups in total. The van der Waals surface area contributed by atoms with Gasteiger partial charge in [-0.2, -0.15) is 0 Å². The van der Waals surface area contributed by atoms with Crippen molar-refractivity contribution >= 4 is 0 Å². The summed E-state index contributed by atoms with van der Waals surface area (Å²) in [5.41, 5.74) is 4.59. The quantitative estimate of drug-likeness (QED) is 0.737. The summed E-state index contributed by atoms with van der Waals surface area (Å²) in [6.07, 6.45) is 5.11. The molecule has 1 heteroatoms. The summed E-state index contributed by atoms with van der Waals surface area (Å²) in [5.74, 6) is 0. The van der Waals surface area contributed by atoms with E-state index in [1.54, 1.807) is 11.1 Å². The Morgan fingerprint density at radius 2 is 1.88 bits per heavy atom. The molecule has 0 heterocycles. The van der Waals surface area contributed by atoms with Gasteiger partial charge >= 0.3 is 0 Å². The lowest BCUT2D eigenvalue weighted by Crippen LogP contribution is -2.29. The second kappa shape index (κ2) is 5.68. The minimum Gasteiger partial charge on any atom is -0.296 e. The average molecular weight is 231 g/mol. The Labute approximate surface area is 106 Å². The Bertz CT molecular complexity index is 364. The van der Waals surface area contributed by atoms with Gasteiger partial charge in [0.05, 0.1) is 0 Å². The van der Waals surface area contributed by atoms with Gasteiger partial charge in [0.15, 0.2) is 0 Å². The van der Waals surface area contributed by atoms with Crippen molar-refractivity contribution in [1.29, 1.82) is 0 Å². The van der Waals surface area contributed by atoms with Crippen LogP contribution in [0.2, 0.25) is 0 Å². The summed E-state index contributed by atoms with van der Waals surface area (Å²) in [5, 5.41) is 0. The number of rotatable bonds is 5. The van der Waals surface area contributed by atoms with Gasteiger partial charge in [0, 0.05) is 6.04 Å². The molecular weight excluding hydrogens is 206 g/mol. The molecule has 0 aliphatic heterocycles. The molecule has 0 bridgehead atoms. The fourth-order valence-corrected chi connectivity index (χ4v) is 3.08. The maximum Gasteiger partial charge on any atom is 0.0354 e. The Kier molecular flexibility index (Phi) is 4.22. The second-order valence-corrected chi connectivity index (χ2v) is 5.29. The highest BCUT2D eigenvalue weighted by molar-refractivity contribution is 5.37. The molecule has 2 rings (SSSR count). The molecule has 1 aromatic rings. The normalized spacial score (nSPS) is 18.7. The van der Waals surface area contributed by atoms with Crippen molar-refractivity contribution in [3.8, 4) is 0 Å². The van der Waals surface area contributed by atoms with Crippen molar-refractivity contribution in [2.24, 2.45) is 0 Å². The number of aryl methyl sites for hydroxylation is 2. The number of benzene rings is 1.